The smallest absolute Gasteiger partial charge is 0.115 e. The molecule has 0 radical (unpaired) electrons. The lowest BCUT2D eigenvalue weighted by molar-refractivity contribution is 0.526. The number of hydrogen-bond acceptors (Lipinski definition) is 3. The number of nitrogens with one attached hydrogen (secondary N) is 1. The average molecular weight is 367 g/mol. The SMILES string of the molecule is CCc1nc(C(NC(C)C)c2ccc(C)c(Br)c2)sc1C. The average Bonchev–Trinajstić information content (AvgIpc) is 2.80. The van der Waals surface area contributed by atoms with Gasteiger partial charge in [-0.15, -0.1) is 11.3 Å². The van der Waals surface area contributed by atoms with Crippen molar-refractivity contribution in [2.75, 3.05) is 0 Å². The van der Waals surface area contributed by atoms with Crippen LogP contribution in [0.4, 0.5) is 0 Å². The highest BCUT2D eigenvalue weighted by Crippen LogP contribution is 2.31. The highest BCUT2D eigenvalue weighted by molar-refractivity contribution is 9.10. The van der Waals surface area contributed by atoms with Crippen molar-refractivity contribution in [3.63, 3.8) is 0 Å². The van der Waals surface area contributed by atoms with E-state index in [0.717, 1.165) is 15.9 Å². The molecule has 1 aromatic heterocycles. The van der Waals surface area contributed by atoms with Crippen LogP contribution in [0.25, 0.3) is 0 Å². The summed E-state index contributed by atoms with van der Waals surface area (Å²) in [5, 5.41) is 4.81. The first-order valence-corrected chi connectivity index (χ1v) is 9.01. The first kappa shape index (κ1) is 16.7. The molecule has 1 N–H and O–H groups in total. The van der Waals surface area contributed by atoms with Gasteiger partial charge in [0.1, 0.15) is 5.01 Å². The van der Waals surface area contributed by atoms with E-state index < -0.39 is 0 Å². The fourth-order valence-corrected chi connectivity index (χ4v) is 3.83. The lowest BCUT2D eigenvalue weighted by Crippen LogP contribution is -2.29. The largest absolute Gasteiger partial charge is 0.302 e. The Morgan fingerprint density at radius 1 is 1.29 bits per heavy atom. The van der Waals surface area contributed by atoms with E-state index in [1.54, 1.807) is 11.3 Å². The zero-order chi connectivity index (χ0) is 15.6. The topological polar surface area (TPSA) is 24.9 Å². The number of halogens is 1. The van der Waals surface area contributed by atoms with Crippen molar-refractivity contribution in [2.24, 2.45) is 0 Å². The molecule has 0 aliphatic heterocycles. The fraction of sp³-hybridized carbons (Fsp3) is 0.471. The summed E-state index contributed by atoms with van der Waals surface area (Å²) in [6, 6.07) is 7.13. The van der Waals surface area contributed by atoms with Crippen LogP contribution in [0.2, 0.25) is 0 Å². The molecule has 0 saturated carbocycles. The maximum Gasteiger partial charge on any atom is 0.115 e. The van der Waals surface area contributed by atoms with E-state index in [9.17, 15) is 0 Å². The number of rotatable bonds is 5. The zero-order valence-corrected chi connectivity index (χ0v) is 15.7. The van der Waals surface area contributed by atoms with Gasteiger partial charge in [-0.25, -0.2) is 4.98 Å². The third kappa shape index (κ3) is 3.93. The van der Waals surface area contributed by atoms with E-state index in [2.05, 4.69) is 74.1 Å². The molecule has 0 bridgehead atoms. The first-order chi connectivity index (χ1) is 9.92. The summed E-state index contributed by atoms with van der Waals surface area (Å²) in [5.74, 6) is 0. The second-order valence-corrected chi connectivity index (χ2v) is 7.76. The summed E-state index contributed by atoms with van der Waals surface area (Å²) in [6.45, 7) is 10.8. The van der Waals surface area contributed by atoms with Crippen LogP contribution in [0.1, 0.15) is 53.5 Å². The van der Waals surface area contributed by atoms with Crippen LogP contribution in [0.15, 0.2) is 22.7 Å². The summed E-state index contributed by atoms with van der Waals surface area (Å²) >= 11 is 5.45. The van der Waals surface area contributed by atoms with Gasteiger partial charge in [0, 0.05) is 15.4 Å². The van der Waals surface area contributed by atoms with Crippen LogP contribution >= 0.6 is 27.3 Å². The molecule has 114 valence electrons. The fourth-order valence-electron chi connectivity index (χ4n) is 2.33. The molecule has 0 spiro atoms. The van der Waals surface area contributed by atoms with Gasteiger partial charge in [-0.3, -0.25) is 0 Å². The lowest BCUT2D eigenvalue weighted by atomic mass is 10.0. The van der Waals surface area contributed by atoms with Crippen molar-refractivity contribution >= 4 is 27.3 Å². The number of hydrogen-bond donors (Lipinski definition) is 1. The van der Waals surface area contributed by atoms with E-state index in [4.69, 9.17) is 4.98 Å². The molecular weight excluding hydrogens is 344 g/mol. The van der Waals surface area contributed by atoms with Crippen molar-refractivity contribution in [1.82, 2.24) is 10.3 Å². The van der Waals surface area contributed by atoms with Crippen LogP contribution in [-0.4, -0.2) is 11.0 Å². The van der Waals surface area contributed by atoms with Gasteiger partial charge in [-0.1, -0.05) is 35.0 Å². The molecule has 2 rings (SSSR count). The molecule has 0 amide bonds. The Morgan fingerprint density at radius 2 is 2.00 bits per heavy atom. The molecule has 2 aromatic rings. The number of aryl methyl sites for hydroxylation is 3. The minimum atomic E-state index is 0.158. The van der Waals surface area contributed by atoms with Gasteiger partial charge < -0.3 is 5.32 Å². The van der Waals surface area contributed by atoms with E-state index in [0.29, 0.717) is 6.04 Å². The minimum absolute atomic E-state index is 0.158. The van der Waals surface area contributed by atoms with Crippen LogP contribution in [0.5, 0.6) is 0 Å². The molecule has 0 fully saturated rings. The molecule has 4 heteroatoms. The number of nitrogens with zero attached hydrogens (tertiary/aromatic N) is 1. The summed E-state index contributed by atoms with van der Waals surface area (Å²) < 4.78 is 1.15. The number of thiazole rings is 1. The Balaban J connectivity index is 2.43. The van der Waals surface area contributed by atoms with Gasteiger partial charge in [-0.2, -0.15) is 0 Å². The van der Waals surface area contributed by atoms with Crippen molar-refractivity contribution in [2.45, 2.75) is 53.1 Å². The van der Waals surface area contributed by atoms with Gasteiger partial charge in [0.2, 0.25) is 0 Å². The Bertz CT molecular complexity index is 619. The second kappa shape index (κ2) is 7.03. The molecule has 1 unspecified atom stereocenters. The van der Waals surface area contributed by atoms with Gasteiger partial charge in [0.05, 0.1) is 11.7 Å². The van der Waals surface area contributed by atoms with Gasteiger partial charge in [-0.05, 0) is 51.3 Å². The standard InChI is InChI=1S/C17H23BrN2S/c1-6-15-12(5)21-17(20-15)16(19-10(2)3)13-8-7-11(4)14(18)9-13/h7-10,16,19H,6H2,1-5H3. The van der Waals surface area contributed by atoms with E-state index in [-0.39, 0.29) is 6.04 Å². The Hall–Kier alpha value is -0.710. The monoisotopic (exact) mass is 366 g/mol. The second-order valence-electron chi connectivity index (χ2n) is 5.67. The third-order valence-corrected chi connectivity index (χ3v) is 5.45. The summed E-state index contributed by atoms with van der Waals surface area (Å²) in [7, 11) is 0. The molecule has 0 aliphatic rings. The Morgan fingerprint density at radius 3 is 2.52 bits per heavy atom. The summed E-state index contributed by atoms with van der Waals surface area (Å²) in [6.07, 6.45) is 0.994. The van der Waals surface area contributed by atoms with E-state index in [1.807, 2.05) is 0 Å². The molecule has 2 nitrogen and oxygen atoms in total. The maximum absolute atomic E-state index is 4.85. The van der Waals surface area contributed by atoms with Crippen LogP contribution in [-0.2, 0) is 6.42 Å². The highest BCUT2D eigenvalue weighted by Gasteiger charge is 2.20. The summed E-state index contributed by atoms with van der Waals surface area (Å²) in [4.78, 5) is 6.18. The highest BCUT2D eigenvalue weighted by atomic mass is 79.9. The first-order valence-electron chi connectivity index (χ1n) is 7.40. The maximum atomic E-state index is 4.85. The molecule has 1 heterocycles. The van der Waals surface area contributed by atoms with Crippen molar-refractivity contribution < 1.29 is 0 Å². The van der Waals surface area contributed by atoms with Crippen molar-refractivity contribution in [1.29, 1.82) is 0 Å². The van der Waals surface area contributed by atoms with Crippen molar-refractivity contribution in [3.8, 4) is 0 Å². The molecule has 0 saturated heterocycles. The molecular formula is C17H23BrN2S. The number of benzene rings is 1. The predicted octanol–water partition coefficient (Wildman–Crippen LogP) is 5.17. The molecule has 0 aliphatic carbocycles. The minimum Gasteiger partial charge on any atom is -0.302 e. The molecule has 1 aromatic carbocycles. The lowest BCUT2D eigenvalue weighted by Gasteiger charge is -2.20. The zero-order valence-electron chi connectivity index (χ0n) is 13.3. The van der Waals surface area contributed by atoms with Crippen LogP contribution in [0, 0.1) is 13.8 Å². The third-order valence-electron chi connectivity index (χ3n) is 3.52. The van der Waals surface area contributed by atoms with Gasteiger partial charge in [0.25, 0.3) is 0 Å². The van der Waals surface area contributed by atoms with Crippen LogP contribution in [0.3, 0.4) is 0 Å². The van der Waals surface area contributed by atoms with Gasteiger partial charge >= 0.3 is 0 Å². The van der Waals surface area contributed by atoms with E-state index in [1.165, 1.54) is 21.7 Å². The number of aromatic nitrogens is 1. The Kier molecular flexibility index (Phi) is 5.58. The quantitative estimate of drug-likeness (QED) is 0.788. The summed E-state index contributed by atoms with van der Waals surface area (Å²) in [5.41, 5.74) is 3.74. The Labute approximate surface area is 140 Å². The van der Waals surface area contributed by atoms with Crippen LogP contribution < -0.4 is 5.32 Å². The van der Waals surface area contributed by atoms with Crippen molar-refractivity contribution in [3.05, 3.63) is 49.4 Å². The molecule has 1 atom stereocenters. The normalized spacial score (nSPS) is 12.9. The van der Waals surface area contributed by atoms with Gasteiger partial charge in [0.15, 0.2) is 0 Å². The molecule has 21 heavy (non-hydrogen) atoms. The predicted molar refractivity (Wildman–Crippen MR) is 95.2 cm³/mol. The van der Waals surface area contributed by atoms with E-state index >= 15 is 0 Å².